The molecule has 84 valence electrons. The van der Waals surface area contributed by atoms with Crippen molar-refractivity contribution in [3.63, 3.8) is 0 Å². The Labute approximate surface area is 86.9 Å². The molecular weight excluding hydrogens is 224 g/mol. The average molecular weight is 240 g/mol. The van der Waals surface area contributed by atoms with E-state index in [-0.39, 0.29) is 0 Å². The molecule has 0 atom stereocenters. The average Bonchev–Trinajstić information content (AvgIpc) is 2.03. The van der Waals surface area contributed by atoms with Crippen molar-refractivity contribution in [2.45, 2.75) is 20.8 Å². The standard InChI is InChI=1S/C7H16O5SSi/c1-4-10-14(11-5-2,12-6-3)7-13(8)9/h7H,4-6H2,1-3H3. The maximum absolute atomic E-state index is 10.6. The first kappa shape index (κ1) is 13.8. The fraction of sp³-hybridized carbons (Fsp3) is 0.857. The van der Waals surface area contributed by atoms with Gasteiger partial charge in [0.05, 0.1) is 0 Å². The van der Waals surface area contributed by atoms with Crippen LogP contribution in [-0.4, -0.2) is 42.0 Å². The second-order valence-corrected chi connectivity index (χ2v) is 5.82. The van der Waals surface area contributed by atoms with Crippen LogP contribution >= 0.6 is 0 Å². The lowest BCUT2D eigenvalue weighted by molar-refractivity contribution is 0.0918. The van der Waals surface area contributed by atoms with Gasteiger partial charge in [0.1, 0.15) is 4.99 Å². The molecule has 0 aliphatic heterocycles. The molecule has 5 nitrogen and oxygen atoms in total. The van der Waals surface area contributed by atoms with Crippen LogP contribution in [-0.2, 0) is 23.6 Å². The Hall–Kier alpha value is -0.213. The molecule has 0 aromatic carbocycles. The van der Waals surface area contributed by atoms with E-state index in [1.54, 1.807) is 20.8 Å². The van der Waals surface area contributed by atoms with Crippen LogP contribution in [0.25, 0.3) is 0 Å². The summed E-state index contributed by atoms with van der Waals surface area (Å²) in [4.78, 5) is 1.00. The van der Waals surface area contributed by atoms with Gasteiger partial charge in [0.25, 0.3) is 0 Å². The fourth-order valence-corrected chi connectivity index (χ4v) is 4.16. The molecule has 0 aromatic rings. The monoisotopic (exact) mass is 240 g/mol. The van der Waals surface area contributed by atoms with Crippen LogP contribution in [0, 0.1) is 0 Å². The van der Waals surface area contributed by atoms with E-state index in [0.717, 1.165) is 4.99 Å². The van der Waals surface area contributed by atoms with Crippen molar-refractivity contribution < 1.29 is 21.7 Å². The topological polar surface area (TPSA) is 61.8 Å². The van der Waals surface area contributed by atoms with E-state index in [2.05, 4.69) is 0 Å². The second kappa shape index (κ2) is 7.13. The summed E-state index contributed by atoms with van der Waals surface area (Å²) < 4.78 is 37.0. The Morgan fingerprint density at radius 1 is 1.00 bits per heavy atom. The SMILES string of the molecule is CCO[Si](C=S(=O)=O)(OCC)OCC. The highest BCUT2D eigenvalue weighted by atomic mass is 32.2. The summed E-state index contributed by atoms with van der Waals surface area (Å²) in [5.74, 6) is 0. The largest absolute Gasteiger partial charge is 0.545 e. The molecule has 0 aromatic heterocycles. The summed E-state index contributed by atoms with van der Waals surface area (Å²) in [5, 5.41) is 0. The summed E-state index contributed by atoms with van der Waals surface area (Å²) in [6, 6.07) is 0. The summed E-state index contributed by atoms with van der Waals surface area (Å²) >= 11 is 0. The zero-order valence-electron chi connectivity index (χ0n) is 8.65. The maximum Gasteiger partial charge on any atom is 0.545 e. The molecule has 0 aliphatic carbocycles. The Balaban J connectivity index is 4.81. The Morgan fingerprint density at radius 2 is 1.36 bits per heavy atom. The number of rotatable bonds is 7. The lowest BCUT2D eigenvalue weighted by Gasteiger charge is -2.23. The van der Waals surface area contributed by atoms with Crippen molar-refractivity contribution in [3.05, 3.63) is 0 Å². The molecule has 0 radical (unpaired) electrons. The van der Waals surface area contributed by atoms with Gasteiger partial charge in [-0.3, -0.25) is 0 Å². The zero-order valence-corrected chi connectivity index (χ0v) is 10.5. The molecule has 0 rings (SSSR count). The third kappa shape index (κ3) is 4.87. The van der Waals surface area contributed by atoms with E-state index in [0.29, 0.717) is 19.8 Å². The van der Waals surface area contributed by atoms with Crippen molar-refractivity contribution in [1.82, 2.24) is 0 Å². The molecule has 0 N–H and O–H groups in total. The Morgan fingerprint density at radius 3 is 1.57 bits per heavy atom. The molecule has 0 saturated carbocycles. The summed E-state index contributed by atoms with van der Waals surface area (Å²) in [5.41, 5.74) is 0. The van der Waals surface area contributed by atoms with Crippen molar-refractivity contribution in [2.75, 3.05) is 19.8 Å². The molecule has 14 heavy (non-hydrogen) atoms. The van der Waals surface area contributed by atoms with Crippen LogP contribution < -0.4 is 0 Å². The highest BCUT2D eigenvalue weighted by molar-refractivity contribution is 7.75. The predicted octanol–water partition coefficient (Wildman–Crippen LogP) is 0.255. The molecule has 0 unspecified atom stereocenters. The quantitative estimate of drug-likeness (QED) is 0.472. The van der Waals surface area contributed by atoms with Gasteiger partial charge in [0.15, 0.2) is 0 Å². The lowest BCUT2D eigenvalue weighted by Crippen LogP contribution is -2.48. The van der Waals surface area contributed by atoms with Gasteiger partial charge >= 0.3 is 8.80 Å². The molecule has 0 fully saturated rings. The number of hydrogen-bond donors (Lipinski definition) is 0. The lowest BCUT2D eigenvalue weighted by atomic mass is 10.9. The molecule has 0 spiro atoms. The van der Waals surface area contributed by atoms with Crippen LogP contribution in [0.15, 0.2) is 0 Å². The van der Waals surface area contributed by atoms with Crippen molar-refractivity contribution >= 4 is 24.1 Å². The molecule has 7 heteroatoms. The van der Waals surface area contributed by atoms with Crippen molar-refractivity contribution in [1.29, 1.82) is 0 Å². The van der Waals surface area contributed by atoms with Gasteiger partial charge < -0.3 is 13.3 Å². The van der Waals surface area contributed by atoms with Gasteiger partial charge in [-0.25, -0.2) is 0 Å². The Kier molecular flexibility index (Phi) is 7.02. The van der Waals surface area contributed by atoms with Gasteiger partial charge in [-0.1, -0.05) is 0 Å². The minimum absolute atomic E-state index is 0.361. The minimum Gasteiger partial charge on any atom is -0.370 e. The van der Waals surface area contributed by atoms with E-state index >= 15 is 0 Å². The van der Waals surface area contributed by atoms with E-state index in [1.807, 2.05) is 0 Å². The third-order valence-corrected chi connectivity index (χ3v) is 5.27. The predicted molar refractivity (Wildman–Crippen MR) is 55.6 cm³/mol. The van der Waals surface area contributed by atoms with Gasteiger partial charge in [0.2, 0.25) is 10.3 Å². The molecule has 0 aliphatic rings. The van der Waals surface area contributed by atoms with Gasteiger partial charge in [-0.05, 0) is 20.8 Å². The van der Waals surface area contributed by atoms with Crippen LogP contribution in [0.3, 0.4) is 0 Å². The molecular formula is C7H16O5SSi. The van der Waals surface area contributed by atoms with E-state index in [9.17, 15) is 8.42 Å². The smallest absolute Gasteiger partial charge is 0.370 e. The van der Waals surface area contributed by atoms with Crippen LogP contribution in [0.2, 0.25) is 0 Å². The van der Waals surface area contributed by atoms with Gasteiger partial charge in [0, 0.05) is 19.8 Å². The summed E-state index contributed by atoms with van der Waals surface area (Å²) in [7, 11) is -5.42. The summed E-state index contributed by atoms with van der Waals surface area (Å²) in [6.07, 6.45) is 0. The highest BCUT2D eigenvalue weighted by Crippen LogP contribution is 2.06. The van der Waals surface area contributed by atoms with Gasteiger partial charge in [-0.2, -0.15) is 8.42 Å². The first-order valence-electron chi connectivity index (χ1n) is 4.46. The molecule has 0 amide bonds. The first-order valence-corrected chi connectivity index (χ1v) is 7.40. The minimum atomic E-state index is -3.10. The van der Waals surface area contributed by atoms with Crippen LogP contribution in [0.5, 0.6) is 0 Å². The van der Waals surface area contributed by atoms with Crippen LogP contribution in [0.4, 0.5) is 0 Å². The van der Waals surface area contributed by atoms with Crippen molar-refractivity contribution in [3.8, 4) is 0 Å². The summed E-state index contributed by atoms with van der Waals surface area (Å²) in [6.45, 7) is 6.38. The normalized spacial score (nSPS) is 11.4. The maximum atomic E-state index is 10.6. The van der Waals surface area contributed by atoms with E-state index < -0.39 is 19.1 Å². The van der Waals surface area contributed by atoms with Crippen LogP contribution in [0.1, 0.15) is 20.8 Å². The van der Waals surface area contributed by atoms with E-state index in [1.165, 1.54) is 0 Å². The van der Waals surface area contributed by atoms with Gasteiger partial charge in [-0.15, -0.1) is 0 Å². The van der Waals surface area contributed by atoms with E-state index in [4.69, 9.17) is 13.3 Å². The second-order valence-electron chi connectivity index (χ2n) is 2.28. The third-order valence-electron chi connectivity index (χ3n) is 1.28. The molecule has 0 saturated heterocycles. The fourth-order valence-electron chi connectivity index (χ4n) is 0.948. The highest BCUT2D eigenvalue weighted by Gasteiger charge is 2.39. The molecule has 0 bridgehead atoms. The van der Waals surface area contributed by atoms with Crippen molar-refractivity contribution in [2.24, 2.45) is 0 Å². The first-order chi connectivity index (χ1) is 6.60. The molecule has 0 heterocycles. The number of hydrogen-bond acceptors (Lipinski definition) is 5. The Bertz CT molecular complexity index is 249. The zero-order chi connectivity index (χ0) is 11.0.